The van der Waals surface area contributed by atoms with E-state index < -0.39 is 17.2 Å². The Bertz CT molecular complexity index is 637. The normalized spacial score (nSPS) is 11.4. The number of benzene rings is 1. The standard InChI is InChI=1S/C13H12BrFN2O2S/c1-13(2,11(18)19)9-6-20-12(16-9)17-10-7(14)4-3-5-8(10)15/h3-6H,1-2H3,(H,16,17)(H,18,19). The van der Waals surface area contributed by atoms with Gasteiger partial charge in [-0.2, -0.15) is 0 Å². The lowest BCUT2D eigenvalue weighted by Gasteiger charge is -2.15. The molecule has 1 heterocycles. The minimum absolute atomic E-state index is 0.279. The maximum Gasteiger partial charge on any atom is 0.315 e. The number of aromatic nitrogens is 1. The van der Waals surface area contributed by atoms with Crippen LogP contribution >= 0.6 is 27.3 Å². The van der Waals surface area contributed by atoms with E-state index in [0.29, 0.717) is 15.3 Å². The van der Waals surface area contributed by atoms with Gasteiger partial charge in [0.25, 0.3) is 0 Å². The summed E-state index contributed by atoms with van der Waals surface area (Å²) in [6, 6.07) is 4.63. The van der Waals surface area contributed by atoms with Crippen molar-refractivity contribution in [2.24, 2.45) is 0 Å². The minimum atomic E-state index is -1.08. The molecule has 0 atom stereocenters. The number of carbonyl (C=O) groups is 1. The van der Waals surface area contributed by atoms with Crippen LogP contribution in [0.2, 0.25) is 0 Å². The summed E-state index contributed by atoms with van der Waals surface area (Å²) in [5, 5.41) is 14.1. The van der Waals surface area contributed by atoms with E-state index in [1.165, 1.54) is 17.4 Å². The summed E-state index contributed by atoms with van der Waals surface area (Å²) in [6.45, 7) is 3.15. The van der Waals surface area contributed by atoms with Gasteiger partial charge in [0.1, 0.15) is 11.2 Å². The summed E-state index contributed by atoms with van der Waals surface area (Å²) in [5.41, 5.74) is -0.366. The van der Waals surface area contributed by atoms with Crippen LogP contribution in [0.5, 0.6) is 0 Å². The molecule has 1 aromatic carbocycles. The number of rotatable bonds is 4. The molecule has 106 valence electrons. The van der Waals surface area contributed by atoms with Crippen molar-refractivity contribution in [3.05, 3.63) is 39.6 Å². The van der Waals surface area contributed by atoms with Crippen LogP contribution in [0, 0.1) is 5.82 Å². The average Bonchev–Trinajstić information content (AvgIpc) is 2.83. The number of carboxylic acid groups (broad SMARTS) is 1. The Morgan fingerprint density at radius 2 is 2.20 bits per heavy atom. The fourth-order valence-electron chi connectivity index (χ4n) is 1.45. The number of aliphatic carboxylic acids is 1. The van der Waals surface area contributed by atoms with E-state index in [0.717, 1.165) is 0 Å². The first-order chi connectivity index (χ1) is 9.32. The quantitative estimate of drug-likeness (QED) is 0.861. The Morgan fingerprint density at radius 3 is 2.80 bits per heavy atom. The fourth-order valence-corrected chi connectivity index (χ4v) is 2.78. The van der Waals surface area contributed by atoms with Gasteiger partial charge in [-0.15, -0.1) is 11.3 Å². The number of hydrogen-bond donors (Lipinski definition) is 2. The highest BCUT2D eigenvalue weighted by Crippen LogP contribution is 2.32. The number of para-hydroxylation sites is 1. The van der Waals surface area contributed by atoms with Gasteiger partial charge in [-0.3, -0.25) is 4.79 Å². The van der Waals surface area contributed by atoms with Gasteiger partial charge in [-0.05, 0) is 41.9 Å². The summed E-state index contributed by atoms with van der Waals surface area (Å²) in [5.74, 6) is -1.37. The van der Waals surface area contributed by atoms with Gasteiger partial charge < -0.3 is 10.4 Å². The summed E-state index contributed by atoms with van der Waals surface area (Å²) < 4.78 is 14.3. The number of nitrogens with one attached hydrogen (secondary N) is 1. The molecule has 2 N–H and O–H groups in total. The topological polar surface area (TPSA) is 62.2 Å². The second-order valence-electron chi connectivity index (χ2n) is 4.69. The molecular formula is C13H12BrFN2O2S. The molecule has 4 nitrogen and oxygen atoms in total. The van der Waals surface area contributed by atoms with Crippen LogP contribution in [0.25, 0.3) is 0 Å². The molecular weight excluding hydrogens is 347 g/mol. The smallest absolute Gasteiger partial charge is 0.315 e. The van der Waals surface area contributed by atoms with Crippen LogP contribution in [0.15, 0.2) is 28.1 Å². The highest BCUT2D eigenvalue weighted by Gasteiger charge is 2.32. The highest BCUT2D eigenvalue weighted by atomic mass is 79.9. The van der Waals surface area contributed by atoms with Crippen LogP contribution in [0.4, 0.5) is 15.2 Å². The van der Waals surface area contributed by atoms with Crippen molar-refractivity contribution in [2.45, 2.75) is 19.3 Å². The van der Waals surface area contributed by atoms with E-state index in [-0.39, 0.29) is 5.69 Å². The zero-order chi connectivity index (χ0) is 14.9. The van der Waals surface area contributed by atoms with Crippen LogP contribution < -0.4 is 5.32 Å². The average molecular weight is 359 g/mol. The van der Waals surface area contributed by atoms with Crippen molar-refractivity contribution in [3.8, 4) is 0 Å². The maximum absolute atomic E-state index is 13.7. The minimum Gasteiger partial charge on any atom is -0.481 e. The highest BCUT2D eigenvalue weighted by molar-refractivity contribution is 9.10. The van der Waals surface area contributed by atoms with Gasteiger partial charge in [0.05, 0.1) is 11.4 Å². The number of hydrogen-bond acceptors (Lipinski definition) is 4. The van der Waals surface area contributed by atoms with Crippen molar-refractivity contribution in [1.29, 1.82) is 0 Å². The number of nitrogens with zero attached hydrogens (tertiary/aromatic N) is 1. The number of thiazole rings is 1. The molecule has 0 amide bonds. The van der Waals surface area contributed by atoms with E-state index in [1.807, 2.05) is 0 Å². The third-order valence-corrected chi connectivity index (χ3v) is 4.29. The summed E-state index contributed by atoms with van der Waals surface area (Å²) in [7, 11) is 0. The molecule has 0 bridgehead atoms. The fraction of sp³-hybridized carbons (Fsp3) is 0.231. The van der Waals surface area contributed by atoms with Gasteiger partial charge in [-0.1, -0.05) is 6.07 Å². The van der Waals surface area contributed by atoms with E-state index >= 15 is 0 Å². The van der Waals surface area contributed by atoms with Crippen molar-refractivity contribution in [3.63, 3.8) is 0 Å². The molecule has 2 rings (SSSR count). The van der Waals surface area contributed by atoms with Crippen LogP contribution in [-0.2, 0) is 10.2 Å². The van der Waals surface area contributed by atoms with E-state index in [9.17, 15) is 9.18 Å². The predicted octanol–water partition coefficient (Wildman–Crippen LogP) is 4.15. The van der Waals surface area contributed by atoms with Gasteiger partial charge in [0.15, 0.2) is 5.13 Å². The lowest BCUT2D eigenvalue weighted by Crippen LogP contribution is -2.28. The largest absolute Gasteiger partial charge is 0.481 e. The summed E-state index contributed by atoms with van der Waals surface area (Å²) in [4.78, 5) is 15.4. The second-order valence-corrected chi connectivity index (χ2v) is 6.40. The van der Waals surface area contributed by atoms with Gasteiger partial charge >= 0.3 is 5.97 Å². The zero-order valence-corrected chi connectivity index (χ0v) is 13.2. The Hall–Kier alpha value is -1.47. The first kappa shape index (κ1) is 14.9. The SMILES string of the molecule is CC(C)(C(=O)O)c1csc(Nc2c(F)cccc2Br)n1. The molecule has 20 heavy (non-hydrogen) atoms. The molecule has 0 aliphatic rings. The molecule has 2 aromatic rings. The molecule has 1 aromatic heterocycles. The van der Waals surface area contributed by atoms with Crippen LogP contribution in [0.1, 0.15) is 19.5 Å². The van der Waals surface area contributed by atoms with Crippen LogP contribution in [0.3, 0.4) is 0 Å². The Labute approximate surface area is 127 Å². The Morgan fingerprint density at radius 1 is 1.50 bits per heavy atom. The van der Waals surface area contributed by atoms with E-state index in [4.69, 9.17) is 5.11 Å². The number of carboxylic acids is 1. The first-order valence-corrected chi connectivity index (χ1v) is 7.40. The third-order valence-electron chi connectivity index (χ3n) is 2.87. The monoisotopic (exact) mass is 358 g/mol. The van der Waals surface area contributed by atoms with E-state index in [1.54, 1.807) is 31.4 Å². The predicted molar refractivity (Wildman–Crippen MR) is 80.2 cm³/mol. The number of halogens is 2. The molecule has 7 heteroatoms. The molecule has 0 spiro atoms. The van der Waals surface area contributed by atoms with Crippen molar-refractivity contribution >= 4 is 44.1 Å². The van der Waals surface area contributed by atoms with Crippen molar-refractivity contribution < 1.29 is 14.3 Å². The van der Waals surface area contributed by atoms with Gasteiger partial charge in [-0.25, -0.2) is 9.37 Å². The third kappa shape index (κ3) is 2.83. The zero-order valence-electron chi connectivity index (χ0n) is 10.8. The summed E-state index contributed by atoms with van der Waals surface area (Å²) in [6.07, 6.45) is 0. The molecule has 0 unspecified atom stereocenters. The van der Waals surface area contributed by atoms with E-state index in [2.05, 4.69) is 26.2 Å². The van der Waals surface area contributed by atoms with Crippen molar-refractivity contribution in [2.75, 3.05) is 5.32 Å². The van der Waals surface area contributed by atoms with Crippen molar-refractivity contribution in [1.82, 2.24) is 4.98 Å². The molecule has 0 fully saturated rings. The second kappa shape index (κ2) is 5.49. The first-order valence-electron chi connectivity index (χ1n) is 5.73. The molecule has 0 saturated heterocycles. The lowest BCUT2D eigenvalue weighted by molar-refractivity contribution is -0.142. The van der Waals surface area contributed by atoms with Gasteiger partial charge in [0, 0.05) is 9.85 Å². The van der Waals surface area contributed by atoms with Crippen LogP contribution in [-0.4, -0.2) is 16.1 Å². The molecule has 0 aliphatic carbocycles. The Kier molecular flexibility index (Phi) is 4.10. The number of anilines is 2. The lowest BCUT2D eigenvalue weighted by atomic mass is 9.90. The summed E-state index contributed by atoms with van der Waals surface area (Å²) >= 11 is 4.49. The Balaban J connectivity index is 2.29. The van der Waals surface area contributed by atoms with Gasteiger partial charge in [0.2, 0.25) is 0 Å². The molecule has 0 radical (unpaired) electrons. The molecule has 0 saturated carbocycles. The molecule has 0 aliphatic heterocycles. The maximum atomic E-state index is 13.7.